The number of aromatic hydroxyl groups is 1. The minimum Gasteiger partial charge on any atom is -0.505 e. The number of hydrogen-bond acceptors (Lipinski definition) is 4. The van der Waals surface area contributed by atoms with Crippen LogP contribution in [0.2, 0.25) is 5.02 Å². The Morgan fingerprint density at radius 2 is 2.05 bits per heavy atom. The Hall–Kier alpha value is -2.34. The highest BCUT2D eigenvalue weighted by atomic mass is 35.5. The van der Waals surface area contributed by atoms with Crippen LogP contribution in [0.15, 0.2) is 29.1 Å². The maximum Gasteiger partial charge on any atom is 0.360 e. The lowest BCUT2D eigenvalue weighted by Gasteiger charge is -2.07. The molecule has 2 aromatic rings. The Morgan fingerprint density at radius 3 is 2.63 bits per heavy atom. The molecule has 0 aliphatic heterocycles. The van der Waals surface area contributed by atoms with E-state index in [2.05, 4.69) is 5.10 Å². The normalized spacial score (nSPS) is 10.4. The molecule has 2 N–H and O–H groups in total. The molecule has 1 aromatic heterocycles. The first-order chi connectivity index (χ1) is 8.90. The van der Waals surface area contributed by atoms with Gasteiger partial charge in [0.1, 0.15) is 0 Å². The average Bonchev–Trinajstić information content (AvgIpc) is 2.32. The van der Waals surface area contributed by atoms with Crippen molar-refractivity contribution in [2.75, 3.05) is 0 Å². The van der Waals surface area contributed by atoms with Crippen molar-refractivity contribution in [3.63, 3.8) is 0 Å². The number of carboxylic acids is 1. The van der Waals surface area contributed by atoms with Crippen molar-refractivity contribution in [2.24, 2.45) is 0 Å². The van der Waals surface area contributed by atoms with Crippen LogP contribution >= 0.6 is 11.6 Å². The predicted octanol–water partition coefficient (Wildman–Crippen LogP) is 1.60. The molecule has 0 aliphatic carbocycles. The molecule has 1 aromatic carbocycles. The van der Waals surface area contributed by atoms with Crippen molar-refractivity contribution in [1.82, 2.24) is 9.78 Å². The maximum absolute atomic E-state index is 11.7. The Bertz CT molecular complexity index is 724. The number of aromatic nitrogens is 2. The standard InChI is InChI=1S/C12H9ClN2O4/c1-6-2-3-7(4-8(6)13)15-10(17)5-9(16)11(14-15)12(18)19/h2-5,16H,1H3,(H,18,19). The molecule has 0 unspecified atom stereocenters. The second kappa shape index (κ2) is 4.74. The van der Waals surface area contributed by atoms with Gasteiger partial charge in [-0.3, -0.25) is 4.79 Å². The molecular weight excluding hydrogens is 272 g/mol. The fraction of sp³-hybridized carbons (Fsp3) is 0.0833. The van der Waals surface area contributed by atoms with Crippen LogP contribution in [0.5, 0.6) is 5.75 Å². The van der Waals surface area contributed by atoms with E-state index in [0.29, 0.717) is 10.7 Å². The van der Waals surface area contributed by atoms with E-state index in [4.69, 9.17) is 16.7 Å². The number of benzene rings is 1. The molecule has 0 saturated heterocycles. The van der Waals surface area contributed by atoms with Gasteiger partial charge in [-0.15, -0.1) is 0 Å². The number of rotatable bonds is 2. The van der Waals surface area contributed by atoms with Crippen LogP contribution in [0.25, 0.3) is 5.69 Å². The van der Waals surface area contributed by atoms with Crippen LogP contribution in [0.4, 0.5) is 0 Å². The molecule has 0 spiro atoms. The first-order valence-corrected chi connectivity index (χ1v) is 5.61. The first kappa shape index (κ1) is 13.1. The van der Waals surface area contributed by atoms with Crippen molar-refractivity contribution >= 4 is 17.6 Å². The molecule has 2 rings (SSSR count). The second-order valence-corrected chi connectivity index (χ2v) is 4.27. The van der Waals surface area contributed by atoms with Crippen LogP contribution in [-0.2, 0) is 0 Å². The molecule has 19 heavy (non-hydrogen) atoms. The minimum atomic E-state index is -1.43. The molecule has 0 bridgehead atoms. The number of aryl methyl sites for hydroxylation is 1. The number of carboxylic acid groups (broad SMARTS) is 1. The van der Waals surface area contributed by atoms with Crippen molar-refractivity contribution in [3.8, 4) is 11.4 Å². The van der Waals surface area contributed by atoms with Gasteiger partial charge in [-0.2, -0.15) is 9.78 Å². The van der Waals surface area contributed by atoms with E-state index in [1.807, 2.05) is 0 Å². The summed E-state index contributed by atoms with van der Waals surface area (Å²) in [5.41, 5.74) is -0.113. The molecule has 98 valence electrons. The van der Waals surface area contributed by atoms with Crippen molar-refractivity contribution in [3.05, 3.63) is 50.9 Å². The van der Waals surface area contributed by atoms with E-state index >= 15 is 0 Å². The molecule has 1 heterocycles. The molecule has 0 radical (unpaired) electrons. The van der Waals surface area contributed by atoms with Crippen LogP contribution in [0, 0.1) is 6.92 Å². The van der Waals surface area contributed by atoms with Gasteiger partial charge in [0.05, 0.1) is 5.69 Å². The van der Waals surface area contributed by atoms with Crippen LogP contribution in [0.3, 0.4) is 0 Å². The summed E-state index contributed by atoms with van der Waals surface area (Å²) in [6, 6.07) is 5.55. The molecule has 0 fully saturated rings. The number of nitrogens with zero attached hydrogens (tertiary/aromatic N) is 2. The third kappa shape index (κ3) is 2.43. The summed E-state index contributed by atoms with van der Waals surface area (Å²) in [4.78, 5) is 22.6. The quantitative estimate of drug-likeness (QED) is 0.871. The highest BCUT2D eigenvalue weighted by Gasteiger charge is 2.15. The predicted molar refractivity (Wildman–Crippen MR) is 68.2 cm³/mol. The monoisotopic (exact) mass is 280 g/mol. The SMILES string of the molecule is Cc1ccc(-n2nc(C(=O)O)c(O)cc2=O)cc1Cl. The van der Waals surface area contributed by atoms with Gasteiger partial charge >= 0.3 is 5.97 Å². The van der Waals surface area contributed by atoms with Gasteiger partial charge in [0, 0.05) is 11.1 Å². The zero-order chi connectivity index (χ0) is 14.2. The number of halogens is 1. The van der Waals surface area contributed by atoms with E-state index < -0.39 is 23.0 Å². The van der Waals surface area contributed by atoms with E-state index in [1.165, 1.54) is 6.07 Å². The number of aromatic carboxylic acids is 1. The summed E-state index contributed by atoms with van der Waals surface area (Å²) in [6.07, 6.45) is 0. The number of carbonyl (C=O) groups is 1. The van der Waals surface area contributed by atoms with Gasteiger partial charge in [0.25, 0.3) is 5.56 Å². The fourth-order valence-corrected chi connectivity index (χ4v) is 1.67. The Balaban J connectivity index is 2.68. The van der Waals surface area contributed by atoms with Crippen molar-refractivity contribution < 1.29 is 15.0 Å². The summed E-state index contributed by atoms with van der Waals surface area (Å²) >= 11 is 5.94. The van der Waals surface area contributed by atoms with E-state index in [1.54, 1.807) is 19.1 Å². The van der Waals surface area contributed by atoms with Gasteiger partial charge in [-0.25, -0.2) is 4.79 Å². The highest BCUT2D eigenvalue weighted by Crippen LogP contribution is 2.19. The second-order valence-electron chi connectivity index (χ2n) is 3.87. The van der Waals surface area contributed by atoms with Gasteiger partial charge in [-0.1, -0.05) is 17.7 Å². The third-order valence-electron chi connectivity index (χ3n) is 2.51. The Kier molecular flexibility index (Phi) is 3.26. The van der Waals surface area contributed by atoms with Crippen LogP contribution in [0.1, 0.15) is 16.1 Å². The van der Waals surface area contributed by atoms with Crippen molar-refractivity contribution in [2.45, 2.75) is 6.92 Å². The summed E-state index contributed by atoms with van der Waals surface area (Å²) in [5, 5.41) is 22.2. The lowest BCUT2D eigenvalue weighted by Crippen LogP contribution is -2.23. The molecule has 6 nitrogen and oxygen atoms in total. The first-order valence-electron chi connectivity index (χ1n) is 5.23. The summed E-state index contributed by atoms with van der Waals surface area (Å²) in [7, 11) is 0. The van der Waals surface area contributed by atoms with Gasteiger partial charge in [-0.05, 0) is 24.6 Å². The van der Waals surface area contributed by atoms with E-state index in [0.717, 1.165) is 16.3 Å². The average molecular weight is 281 g/mol. The fourth-order valence-electron chi connectivity index (χ4n) is 1.50. The lowest BCUT2D eigenvalue weighted by atomic mass is 10.2. The lowest BCUT2D eigenvalue weighted by molar-refractivity contribution is 0.0684. The largest absolute Gasteiger partial charge is 0.505 e. The van der Waals surface area contributed by atoms with Gasteiger partial charge < -0.3 is 10.2 Å². The summed E-state index contributed by atoms with van der Waals surface area (Å²) < 4.78 is 0.870. The summed E-state index contributed by atoms with van der Waals surface area (Å²) in [5.74, 6) is -2.10. The summed E-state index contributed by atoms with van der Waals surface area (Å²) in [6.45, 7) is 1.79. The zero-order valence-electron chi connectivity index (χ0n) is 9.79. The molecule has 7 heteroatoms. The number of hydrogen-bond donors (Lipinski definition) is 2. The van der Waals surface area contributed by atoms with Crippen molar-refractivity contribution in [1.29, 1.82) is 0 Å². The zero-order valence-corrected chi connectivity index (χ0v) is 10.5. The maximum atomic E-state index is 11.7. The molecule has 0 amide bonds. The van der Waals surface area contributed by atoms with Crippen LogP contribution < -0.4 is 5.56 Å². The molecule has 0 saturated carbocycles. The van der Waals surface area contributed by atoms with Gasteiger partial charge in [0.15, 0.2) is 5.75 Å². The van der Waals surface area contributed by atoms with E-state index in [-0.39, 0.29) is 0 Å². The Morgan fingerprint density at radius 1 is 1.37 bits per heavy atom. The highest BCUT2D eigenvalue weighted by molar-refractivity contribution is 6.31. The molecular formula is C12H9ClN2O4. The minimum absolute atomic E-state index is 0.322. The van der Waals surface area contributed by atoms with E-state index in [9.17, 15) is 14.7 Å². The molecule has 0 aliphatic rings. The smallest absolute Gasteiger partial charge is 0.360 e. The third-order valence-corrected chi connectivity index (χ3v) is 2.92. The van der Waals surface area contributed by atoms with Gasteiger partial charge in [0.2, 0.25) is 5.69 Å². The van der Waals surface area contributed by atoms with Crippen LogP contribution in [-0.4, -0.2) is 26.0 Å². The Labute approximate surface area is 112 Å². The molecule has 0 atom stereocenters. The topological polar surface area (TPSA) is 92.4 Å².